The second-order valence-corrected chi connectivity index (χ2v) is 7.12. The van der Waals surface area contributed by atoms with Crippen molar-refractivity contribution < 1.29 is 4.42 Å². The van der Waals surface area contributed by atoms with Crippen LogP contribution in [0.4, 0.5) is 5.69 Å². The van der Waals surface area contributed by atoms with Crippen LogP contribution in [0.5, 0.6) is 0 Å². The minimum absolute atomic E-state index is 0.746. The van der Waals surface area contributed by atoms with E-state index < -0.39 is 0 Å². The minimum Gasteiger partial charge on any atom is -0.461 e. The Hall–Kier alpha value is -2.23. The van der Waals surface area contributed by atoms with Crippen LogP contribution < -0.4 is 4.90 Å². The number of halogens is 1. The third-order valence-electron chi connectivity index (χ3n) is 4.96. The number of piperazine rings is 1. The van der Waals surface area contributed by atoms with E-state index >= 15 is 0 Å². The van der Waals surface area contributed by atoms with Crippen molar-refractivity contribution in [2.24, 2.45) is 0 Å². The van der Waals surface area contributed by atoms with Gasteiger partial charge in [-0.1, -0.05) is 29.8 Å². The van der Waals surface area contributed by atoms with Gasteiger partial charge in [0, 0.05) is 55.4 Å². The lowest BCUT2D eigenvalue weighted by atomic mass is 10.2. The fourth-order valence-electron chi connectivity index (χ4n) is 3.42. The van der Waals surface area contributed by atoms with E-state index in [1.165, 1.54) is 5.69 Å². The molecule has 0 unspecified atom stereocenters. The molecular weight excluding hydrogens is 344 g/mol. The number of nitrogens with zero attached hydrogens (tertiary/aromatic N) is 2. The molecule has 0 amide bonds. The summed E-state index contributed by atoms with van der Waals surface area (Å²) in [6, 6.07) is 22.6. The van der Waals surface area contributed by atoms with Gasteiger partial charge in [0.1, 0.15) is 11.5 Å². The van der Waals surface area contributed by atoms with Crippen LogP contribution in [0, 0.1) is 0 Å². The third-order valence-corrected chi connectivity index (χ3v) is 5.21. The second kappa shape index (κ2) is 7.98. The zero-order chi connectivity index (χ0) is 17.8. The van der Waals surface area contributed by atoms with Gasteiger partial charge >= 0.3 is 0 Å². The second-order valence-electron chi connectivity index (χ2n) is 6.69. The molecule has 4 heteroatoms. The summed E-state index contributed by atoms with van der Waals surface area (Å²) in [6.45, 7) is 5.39. The van der Waals surface area contributed by atoms with Crippen LogP contribution in [0.3, 0.4) is 0 Å². The summed E-state index contributed by atoms with van der Waals surface area (Å²) in [6.07, 6.45) is 0.943. The fraction of sp³-hybridized carbons (Fsp3) is 0.273. The first-order valence-corrected chi connectivity index (χ1v) is 9.53. The van der Waals surface area contributed by atoms with Crippen molar-refractivity contribution in [2.45, 2.75) is 6.42 Å². The van der Waals surface area contributed by atoms with Gasteiger partial charge in [-0.05, 0) is 48.5 Å². The lowest BCUT2D eigenvalue weighted by Crippen LogP contribution is -2.46. The van der Waals surface area contributed by atoms with Crippen LogP contribution in [0.25, 0.3) is 11.3 Å². The summed E-state index contributed by atoms with van der Waals surface area (Å²) in [5.74, 6) is 1.95. The van der Waals surface area contributed by atoms with Crippen molar-refractivity contribution >= 4 is 17.3 Å². The Labute approximate surface area is 159 Å². The van der Waals surface area contributed by atoms with Crippen molar-refractivity contribution in [2.75, 3.05) is 37.6 Å². The molecule has 1 saturated heterocycles. The van der Waals surface area contributed by atoms with E-state index in [2.05, 4.69) is 46.2 Å². The van der Waals surface area contributed by atoms with Gasteiger partial charge in [0.05, 0.1) is 0 Å². The lowest BCUT2D eigenvalue weighted by Gasteiger charge is -2.36. The number of furan rings is 1. The van der Waals surface area contributed by atoms with Crippen molar-refractivity contribution in [1.82, 2.24) is 4.90 Å². The van der Waals surface area contributed by atoms with Crippen molar-refractivity contribution in [3.8, 4) is 11.3 Å². The maximum atomic E-state index is 6.01. The highest BCUT2D eigenvalue weighted by Gasteiger charge is 2.17. The van der Waals surface area contributed by atoms with Crippen molar-refractivity contribution in [3.63, 3.8) is 0 Å². The first kappa shape index (κ1) is 17.2. The number of hydrogen-bond acceptors (Lipinski definition) is 3. The summed E-state index contributed by atoms with van der Waals surface area (Å²) in [7, 11) is 0. The molecular formula is C22H23ClN2O. The lowest BCUT2D eigenvalue weighted by molar-refractivity contribution is 0.255. The Morgan fingerprint density at radius 1 is 0.808 bits per heavy atom. The first-order chi connectivity index (χ1) is 12.8. The Kier molecular flexibility index (Phi) is 5.28. The minimum atomic E-state index is 0.746. The SMILES string of the molecule is Clc1ccc(-c2ccc(CCN3CCN(c4ccccc4)CC3)o2)cc1. The Morgan fingerprint density at radius 2 is 1.54 bits per heavy atom. The molecule has 0 bridgehead atoms. The fourth-order valence-corrected chi connectivity index (χ4v) is 3.54. The molecule has 1 aliphatic rings. The van der Waals surface area contributed by atoms with Gasteiger partial charge in [-0.25, -0.2) is 0 Å². The molecule has 0 atom stereocenters. The van der Waals surface area contributed by atoms with E-state index in [1.807, 2.05) is 30.3 Å². The predicted molar refractivity (Wildman–Crippen MR) is 108 cm³/mol. The van der Waals surface area contributed by atoms with Crippen LogP contribution in [-0.2, 0) is 6.42 Å². The van der Waals surface area contributed by atoms with E-state index in [0.29, 0.717) is 0 Å². The summed E-state index contributed by atoms with van der Waals surface area (Å²) in [4.78, 5) is 4.98. The van der Waals surface area contributed by atoms with Crippen molar-refractivity contribution in [1.29, 1.82) is 0 Å². The molecule has 0 radical (unpaired) electrons. The molecule has 0 spiro atoms. The van der Waals surface area contributed by atoms with E-state index in [-0.39, 0.29) is 0 Å². The normalized spacial score (nSPS) is 15.3. The zero-order valence-corrected chi connectivity index (χ0v) is 15.5. The first-order valence-electron chi connectivity index (χ1n) is 9.15. The highest BCUT2D eigenvalue weighted by atomic mass is 35.5. The van der Waals surface area contributed by atoms with Gasteiger partial charge in [-0.3, -0.25) is 4.90 Å². The standard InChI is InChI=1S/C22H23ClN2O/c23-19-8-6-18(7-9-19)22-11-10-21(26-22)12-13-24-14-16-25(17-15-24)20-4-2-1-3-5-20/h1-11H,12-17H2. The Balaban J connectivity index is 1.28. The molecule has 4 rings (SSSR count). The number of anilines is 1. The maximum Gasteiger partial charge on any atom is 0.134 e. The number of rotatable bonds is 5. The summed E-state index contributed by atoms with van der Waals surface area (Å²) < 4.78 is 6.01. The largest absolute Gasteiger partial charge is 0.461 e. The van der Waals surface area contributed by atoms with Gasteiger partial charge in [-0.2, -0.15) is 0 Å². The molecule has 3 aromatic rings. The highest BCUT2D eigenvalue weighted by molar-refractivity contribution is 6.30. The molecule has 0 saturated carbocycles. The van der Waals surface area contributed by atoms with Crippen LogP contribution in [0.2, 0.25) is 5.02 Å². The maximum absolute atomic E-state index is 6.01. The monoisotopic (exact) mass is 366 g/mol. The summed E-state index contributed by atoms with van der Waals surface area (Å²) >= 11 is 5.95. The quantitative estimate of drug-likeness (QED) is 0.636. The molecule has 2 aromatic carbocycles. The molecule has 0 N–H and O–H groups in total. The molecule has 1 aliphatic heterocycles. The van der Waals surface area contributed by atoms with E-state index in [1.54, 1.807) is 0 Å². The topological polar surface area (TPSA) is 19.6 Å². The molecule has 2 heterocycles. The zero-order valence-electron chi connectivity index (χ0n) is 14.8. The van der Waals surface area contributed by atoms with Crippen LogP contribution in [-0.4, -0.2) is 37.6 Å². The van der Waals surface area contributed by atoms with E-state index in [0.717, 1.165) is 61.3 Å². The van der Waals surface area contributed by atoms with Gasteiger partial charge in [-0.15, -0.1) is 0 Å². The van der Waals surface area contributed by atoms with Gasteiger partial charge < -0.3 is 9.32 Å². The molecule has 0 aliphatic carbocycles. The molecule has 1 aromatic heterocycles. The van der Waals surface area contributed by atoms with Gasteiger partial charge in [0.2, 0.25) is 0 Å². The van der Waals surface area contributed by atoms with Gasteiger partial charge in [0.25, 0.3) is 0 Å². The average Bonchev–Trinajstić information content (AvgIpc) is 3.17. The number of hydrogen-bond donors (Lipinski definition) is 0. The number of benzene rings is 2. The molecule has 26 heavy (non-hydrogen) atoms. The van der Waals surface area contributed by atoms with Crippen LogP contribution in [0.15, 0.2) is 71.1 Å². The van der Waals surface area contributed by atoms with E-state index in [4.69, 9.17) is 16.0 Å². The number of para-hydroxylation sites is 1. The summed E-state index contributed by atoms with van der Waals surface area (Å²) in [5, 5.41) is 0.746. The van der Waals surface area contributed by atoms with E-state index in [9.17, 15) is 0 Å². The molecule has 1 fully saturated rings. The van der Waals surface area contributed by atoms with Crippen LogP contribution >= 0.6 is 11.6 Å². The molecule has 134 valence electrons. The van der Waals surface area contributed by atoms with Gasteiger partial charge in [0.15, 0.2) is 0 Å². The Bertz CT molecular complexity index is 821. The van der Waals surface area contributed by atoms with Crippen molar-refractivity contribution in [3.05, 3.63) is 77.5 Å². The smallest absolute Gasteiger partial charge is 0.134 e. The highest BCUT2D eigenvalue weighted by Crippen LogP contribution is 2.24. The summed E-state index contributed by atoms with van der Waals surface area (Å²) in [5.41, 5.74) is 2.39. The van der Waals surface area contributed by atoms with Crippen LogP contribution in [0.1, 0.15) is 5.76 Å². The third kappa shape index (κ3) is 4.12. The average molecular weight is 367 g/mol. The Morgan fingerprint density at radius 3 is 2.27 bits per heavy atom. The molecule has 3 nitrogen and oxygen atoms in total. The predicted octanol–water partition coefficient (Wildman–Crippen LogP) is 4.96.